The van der Waals surface area contributed by atoms with Crippen molar-refractivity contribution < 1.29 is 8.42 Å². The van der Waals surface area contributed by atoms with Crippen LogP contribution in [0, 0.1) is 13.8 Å². The molecule has 0 N–H and O–H groups in total. The second-order valence-corrected chi connectivity index (χ2v) is 10.1. The summed E-state index contributed by atoms with van der Waals surface area (Å²) >= 11 is 0. The van der Waals surface area contributed by atoms with Crippen molar-refractivity contribution >= 4 is 15.7 Å². The highest BCUT2D eigenvalue weighted by Crippen LogP contribution is 2.31. The number of piperidine rings is 1. The summed E-state index contributed by atoms with van der Waals surface area (Å²) in [6.45, 7) is 6.48. The Balaban J connectivity index is 1.59. The molecule has 0 spiro atoms. The fourth-order valence-corrected chi connectivity index (χ4v) is 6.00. The molecule has 162 valence electrons. The van der Waals surface area contributed by atoms with E-state index in [2.05, 4.69) is 16.0 Å². The van der Waals surface area contributed by atoms with E-state index in [1.54, 1.807) is 22.6 Å². The molecule has 0 radical (unpaired) electrons. The van der Waals surface area contributed by atoms with Gasteiger partial charge in [-0.2, -0.15) is 0 Å². The standard InChI is InChI=1S/C25H29N3O2S/c1-20-8-10-23(11-9-20)28(31(29,30)25-7-3-5-21(2)17-25)24-12-15-27(16-13-24)19-22-6-4-14-26-18-22/h3-11,14,17-18,24H,12-13,15-16,19H2,1-2H3. The number of aromatic nitrogens is 1. The van der Waals surface area contributed by atoms with Crippen LogP contribution in [-0.4, -0.2) is 37.4 Å². The van der Waals surface area contributed by atoms with Crippen LogP contribution < -0.4 is 4.31 Å². The second-order valence-electron chi connectivity index (χ2n) is 8.32. The summed E-state index contributed by atoms with van der Waals surface area (Å²) in [5.74, 6) is 0. The zero-order chi connectivity index (χ0) is 21.8. The van der Waals surface area contributed by atoms with Crippen LogP contribution in [0.3, 0.4) is 0 Å². The quantitative estimate of drug-likeness (QED) is 0.570. The van der Waals surface area contributed by atoms with Gasteiger partial charge in [-0.05, 0) is 68.1 Å². The molecule has 1 aliphatic heterocycles. The zero-order valence-corrected chi connectivity index (χ0v) is 18.9. The molecule has 2 heterocycles. The van der Waals surface area contributed by atoms with Crippen LogP contribution in [0.25, 0.3) is 0 Å². The third-order valence-corrected chi connectivity index (χ3v) is 7.73. The number of hydrogen-bond donors (Lipinski definition) is 0. The predicted octanol–water partition coefficient (Wildman–Crippen LogP) is 4.56. The van der Waals surface area contributed by atoms with Gasteiger partial charge in [0.25, 0.3) is 10.0 Å². The first kappa shape index (κ1) is 21.5. The highest BCUT2D eigenvalue weighted by Gasteiger charge is 2.34. The van der Waals surface area contributed by atoms with Gasteiger partial charge in [-0.3, -0.25) is 14.2 Å². The first-order valence-electron chi connectivity index (χ1n) is 10.7. The molecule has 1 saturated heterocycles. The number of nitrogens with zero attached hydrogens (tertiary/aromatic N) is 3. The molecule has 31 heavy (non-hydrogen) atoms. The van der Waals surface area contributed by atoms with E-state index in [1.165, 1.54) is 5.56 Å². The minimum absolute atomic E-state index is 0.0710. The Bertz CT molecular complexity index is 1110. The molecule has 0 unspecified atom stereocenters. The molecule has 1 aliphatic rings. The molecule has 4 rings (SSSR count). The highest BCUT2D eigenvalue weighted by atomic mass is 32.2. The maximum atomic E-state index is 13.7. The number of rotatable bonds is 6. The monoisotopic (exact) mass is 435 g/mol. The van der Waals surface area contributed by atoms with Crippen LogP contribution in [0.4, 0.5) is 5.69 Å². The molecule has 5 nitrogen and oxygen atoms in total. The minimum Gasteiger partial charge on any atom is -0.299 e. The van der Waals surface area contributed by atoms with Gasteiger partial charge in [0.2, 0.25) is 0 Å². The summed E-state index contributed by atoms with van der Waals surface area (Å²) in [7, 11) is -3.66. The molecule has 0 bridgehead atoms. The van der Waals surface area contributed by atoms with Crippen molar-refractivity contribution in [2.24, 2.45) is 0 Å². The van der Waals surface area contributed by atoms with Crippen molar-refractivity contribution in [1.29, 1.82) is 0 Å². The van der Waals surface area contributed by atoms with Gasteiger partial charge in [-0.25, -0.2) is 8.42 Å². The van der Waals surface area contributed by atoms with Crippen LogP contribution in [0.1, 0.15) is 29.5 Å². The molecule has 2 aromatic carbocycles. The van der Waals surface area contributed by atoms with Crippen molar-refractivity contribution in [3.8, 4) is 0 Å². The van der Waals surface area contributed by atoms with Crippen molar-refractivity contribution in [2.45, 2.75) is 44.2 Å². The fraction of sp³-hybridized carbons (Fsp3) is 0.320. The zero-order valence-electron chi connectivity index (χ0n) is 18.1. The molecule has 1 aromatic heterocycles. The van der Waals surface area contributed by atoms with Gasteiger partial charge in [0, 0.05) is 38.1 Å². The molecular weight excluding hydrogens is 406 g/mol. The van der Waals surface area contributed by atoms with Crippen LogP contribution in [0.2, 0.25) is 0 Å². The van der Waals surface area contributed by atoms with Crippen molar-refractivity contribution in [3.05, 3.63) is 89.7 Å². The lowest BCUT2D eigenvalue weighted by Gasteiger charge is -2.39. The Morgan fingerprint density at radius 3 is 2.35 bits per heavy atom. The number of aryl methyl sites for hydroxylation is 2. The summed E-state index contributed by atoms with van der Waals surface area (Å²) in [5, 5.41) is 0. The summed E-state index contributed by atoms with van der Waals surface area (Å²) < 4.78 is 29.1. The van der Waals surface area contributed by atoms with Gasteiger partial charge >= 0.3 is 0 Å². The predicted molar refractivity (Wildman–Crippen MR) is 125 cm³/mol. The van der Waals surface area contributed by atoms with E-state index in [1.807, 2.05) is 62.5 Å². The number of anilines is 1. The van der Waals surface area contributed by atoms with Crippen molar-refractivity contribution in [2.75, 3.05) is 17.4 Å². The second kappa shape index (κ2) is 9.20. The van der Waals surface area contributed by atoms with Gasteiger partial charge < -0.3 is 0 Å². The smallest absolute Gasteiger partial charge is 0.264 e. The molecule has 0 atom stereocenters. The van der Waals surface area contributed by atoms with E-state index in [-0.39, 0.29) is 6.04 Å². The van der Waals surface area contributed by atoms with Crippen LogP contribution in [-0.2, 0) is 16.6 Å². The number of benzene rings is 2. The average Bonchev–Trinajstić information content (AvgIpc) is 2.77. The fourth-order valence-electron chi connectivity index (χ4n) is 4.19. The molecule has 3 aromatic rings. The SMILES string of the molecule is Cc1ccc(N(C2CCN(Cc3cccnc3)CC2)S(=O)(=O)c2cccc(C)c2)cc1. The highest BCUT2D eigenvalue weighted by molar-refractivity contribution is 7.92. The van der Waals surface area contributed by atoms with Gasteiger partial charge in [0.1, 0.15) is 0 Å². The van der Waals surface area contributed by atoms with Crippen molar-refractivity contribution in [1.82, 2.24) is 9.88 Å². The summed E-state index contributed by atoms with van der Waals surface area (Å²) in [4.78, 5) is 6.93. The van der Waals surface area contributed by atoms with E-state index < -0.39 is 10.0 Å². The Kier molecular flexibility index (Phi) is 6.39. The van der Waals surface area contributed by atoms with Crippen LogP contribution in [0.5, 0.6) is 0 Å². The lowest BCUT2D eigenvalue weighted by Crippen LogP contribution is -2.47. The molecule has 0 aliphatic carbocycles. The first-order chi connectivity index (χ1) is 14.9. The third kappa shape index (κ3) is 4.97. The maximum Gasteiger partial charge on any atom is 0.264 e. The normalized spacial score (nSPS) is 15.7. The van der Waals surface area contributed by atoms with Gasteiger partial charge in [-0.1, -0.05) is 35.9 Å². The molecule has 0 amide bonds. The van der Waals surface area contributed by atoms with Crippen molar-refractivity contribution in [3.63, 3.8) is 0 Å². The average molecular weight is 436 g/mol. The Morgan fingerprint density at radius 1 is 0.968 bits per heavy atom. The lowest BCUT2D eigenvalue weighted by molar-refractivity contribution is 0.206. The number of hydrogen-bond acceptors (Lipinski definition) is 4. The topological polar surface area (TPSA) is 53.5 Å². The lowest BCUT2D eigenvalue weighted by atomic mass is 10.0. The Morgan fingerprint density at radius 2 is 1.71 bits per heavy atom. The number of pyridine rings is 1. The van der Waals surface area contributed by atoms with Gasteiger partial charge in [0.05, 0.1) is 10.6 Å². The van der Waals surface area contributed by atoms with Crippen LogP contribution >= 0.6 is 0 Å². The molecular formula is C25H29N3O2S. The van der Waals surface area contributed by atoms with E-state index in [4.69, 9.17) is 0 Å². The minimum atomic E-state index is -3.66. The first-order valence-corrected chi connectivity index (χ1v) is 12.2. The molecule has 0 saturated carbocycles. The van der Waals surface area contributed by atoms with Gasteiger partial charge in [0.15, 0.2) is 0 Å². The van der Waals surface area contributed by atoms with Crippen LogP contribution in [0.15, 0.2) is 78.0 Å². The Labute approximate surface area is 185 Å². The van der Waals surface area contributed by atoms with Gasteiger partial charge in [-0.15, -0.1) is 0 Å². The van der Waals surface area contributed by atoms with E-state index in [9.17, 15) is 8.42 Å². The summed E-state index contributed by atoms with van der Waals surface area (Å²) in [6.07, 6.45) is 5.26. The number of sulfonamides is 1. The molecule has 6 heteroatoms. The van der Waals surface area contributed by atoms with E-state index in [0.717, 1.165) is 49.3 Å². The molecule has 1 fully saturated rings. The summed E-state index contributed by atoms with van der Waals surface area (Å²) in [5.41, 5.74) is 3.97. The van der Waals surface area contributed by atoms with E-state index in [0.29, 0.717) is 4.90 Å². The number of likely N-dealkylation sites (tertiary alicyclic amines) is 1. The Hall–Kier alpha value is -2.70. The summed E-state index contributed by atoms with van der Waals surface area (Å²) in [6, 6.07) is 19.0. The largest absolute Gasteiger partial charge is 0.299 e. The third-order valence-electron chi connectivity index (χ3n) is 5.85. The maximum absolute atomic E-state index is 13.7. The van der Waals surface area contributed by atoms with E-state index >= 15 is 0 Å².